The number of benzene rings is 6. The van der Waals surface area contributed by atoms with Gasteiger partial charge in [-0.3, -0.25) is 0 Å². The molecule has 48 heavy (non-hydrogen) atoms. The number of halogens is 1. The molecular formula is C44H36IN3. The Morgan fingerprint density at radius 3 is 1.67 bits per heavy atom. The van der Waals surface area contributed by atoms with Crippen LogP contribution in [0, 0.1) is 10.5 Å². The average molecular weight is 734 g/mol. The molecule has 0 saturated carbocycles. The van der Waals surface area contributed by atoms with E-state index in [-0.39, 0.29) is 5.41 Å². The molecule has 0 saturated heterocycles. The monoisotopic (exact) mass is 733 g/mol. The summed E-state index contributed by atoms with van der Waals surface area (Å²) in [5, 5.41) is 1.17. The zero-order valence-corrected chi connectivity index (χ0v) is 29.7. The normalized spacial score (nSPS) is 12.6. The third-order valence-electron chi connectivity index (χ3n) is 9.33. The predicted molar refractivity (Wildman–Crippen MR) is 212 cm³/mol. The summed E-state index contributed by atoms with van der Waals surface area (Å²) in [5.74, 6) is 0. The molecule has 4 heteroatoms. The van der Waals surface area contributed by atoms with Crippen LogP contribution in [0.3, 0.4) is 0 Å². The Balaban J connectivity index is 1.42. The van der Waals surface area contributed by atoms with E-state index in [2.05, 4.69) is 206 Å². The van der Waals surface area contributed by atoms with Crippen LogP contribution in [0.1, 0.15) is 31.9 Å². The van der Waals surface area contributed by atoms with Crippen LogP contribution >= 0.6 is 22.6 Å². The van der Waals surface area contributed by atoms with Crippen molar-refractivity contribution in [3.63, 3.8) is 0 Å². The Morgan fingerprint density at radius 2 is 1.08 bits per heavy atom. The number of aryl methyl sites for hydroxylation is 1. The second kappa shape index (κ2) is 11.9. The fourth-order valence-electron chi connectivity index (χ4n) is 6.88. The number of fused-ring (bicyclic) bond motifs is 3. The first kappa shape index (κ1) is 30.4. The molecule has 2 heterocycles. The molecule has 1 aliphatic heterocycles. The first-order chi connectivity index (χ1) is 23.3. The Hall–Kier alpha value is -4.94. The summed E-state index contributed by atoms with van der Waals surface area (Å²) in [7, 11) is 0. The number of hydrogen-bond donors (Lipinski definition) is 0. The largest absolute Gasteiger partial charge is 0.306 e. The number of hydrogen-bond acceptors (Lipinski definition) is 3. The van der Waals surface area contributed by atoms with Crippen molar-refractivity contribution < 1.29 is 0 Å². The molecule has 8 rings (SSSR count). The van der Waals surface area contributed by atoms with Gasteiger partial charge in [-0.1, -0.05) is 106 Å². The lowest BCUT2D eigenvalue weighted by molar-refractivity contribution is 0.590. The van der Waals surface area contributed by atoms with Gasteiger partial charge in [0.25, 0.3) is 0 Å². The third-order valence-corrected chi connectivity index (χ3v) is 10.1. The summed E-state index contributed by atoms with van der Waals surface area (Å²) in [4.78, 5) is 10.3. The molecule has 0 bridgehead atoms. The zero-order chi connectivity index (χ0) is 33.0. The van der Waals surface area contributed by atoms with E-state index in [0.717, 1.165) is 50.9 Å². The Labute approximate surface area is 296 Å². The van der Waals surface area contributed by atoms with E-state index in [0.29, 0.717) is 0 Å². The van der Waals surface area contributed by atoms with Crippen LogP contribution in [-0.4, -0.2) is 4.98 Å². The Kier molecular flexibility index (Phi) is 7.56. The lowest BCUT2D eigenvalue weighted by Gasteiger charge is -2.40. The van der Waals surface area contributed by atoms with E-state index in [1.54, 1.807) is 0 Å². The van der Waals surface area contributed by atoms with Crippen LogP contribution in [0.25, 0.3) is 33.3 Å². The van der Waals surface area contributed by atoms with Gasteiger partial charge >= 0.3 is 0 Å². The van der Waals surface area contributed by atoms with Crippen molar-refractivity contribution in [2.45, 2.75) is 33.1 Å². The fraction of sp³-hybridized carbons (Fsp3) is 0.114. The maximum absolute atomic E-state index is 5.52. The van der Waals surface area contributed by atoms with Crippen molar-refractivity contribution in [2.75, 3.05) is 9.80 Å². The van der Waals surface area contributed by atoms with Crippen LogP contribution in [0.2, 0.25) is 0 Å². The number of aromatic nitrogens is 1. The van der Waals surface area contributed by atoms with Crippen molar-refractivity contribution in [1.29, 1.82) is 0 Å². The molecule has 0 atom stereocenters. The fourth-order valence-corrected chi connectivity index (χ4v) is 7.24. The van der Waals surface area contributed by atoms with E-state index in [9.17, 15) is 0 Å². The molecule has 1 aromatic heterocycles. The maximum atomic E-state index is 5.52. The van der Waals surface area contributed by atoms with Gasteiger partial charge in [0.05, 0.1) is 39.6 Å². The van der Waals surface area contributed by atoms with E-state index in [4.69, 9.17) is 4.98 Å². The first-order valence-corrected chi connectivity index (χ1v) is 17.5. The van der Waals surface area contributed by atoms with Gasteiger partial charge in [-0.25, -0.2) is 4.98 Å². The average Bonchev–Trinajstić information content (AvgIpc) is 3.11. The minimum Gasteiger partial charge on any atom is -0.306 e. The number of pyridine rings is 1. The van der Waals surface area contributed by atoms with E-state index in [1.165, 1.54) is 31.2 Å². The van der Waals surface area contributed by atoms with Crippen LogP contribution in [0.5, 0.6) is 0 Å². The summed E-state index contributed by atoms with van der Waals surface area (Å²) in [6.45, 7) is 9.01. The molecule has 0 amide bonds. The Morgan fingerprint density at radius 1 is 0.542 bits per heavy atom. The van der Waals surface area contributed by atoms with Crippen molar-refractivity contribution in [2.24, 2.45) is 0 Å². The van der Waals surface area contributed by atoms with Crippen molar-refractivity contribution in [3.8, 4) is 22.4 Å². The third kappa shape index (κ3) is 5.25. The highest BCUT2D eigenvalue weighted by atomic mass is 127. The maximum Gasteiger partial charge on any atom is 0.0958 e. The van der Waals surface area contributed by atoms with Crippen LogP contribution in [-0.2, 0) is 5.41 Å². The molecule has 0 unspecified atom stereocenters. The van der Waals surface area contributed by atoms with Gasteiger partial charge < -0.3 is 9.80 Å². The highest BCUT2D eigenvalue weighted by Gasteiger charge is 2.31. The second-order valence-corrected chi connectivity index (χ2v) is 14.7. The van der Waals surface area contributed by atoms with Crippen LogP contribution in [0.15, 0.2) is 146 Å². The number of para-hydroxylation sites is 5. The quantitative estimate of drug-likeness (QED) is 0.168. The van der Waals surface area contributed by atoms with Crippen molar-refractivity contribution >= 4 is 67.6 Å². The smallest absolute Gasteiger partial charge is 0.0958 e. The number of anilines is 6. The van der Waals surface area contributed by atoms with Gasteiger partial charge in [0.2, 0.25) is 0 Å². The molecule has 0 fully saturated rings. The predicted octanol–water partition coefficient (Wildman–Crippen LogP) is 13.0. The lowest BCUT2D eigenvalue weighted by atomic mass is 9.85. The SMILES string of the molecule is Cc1ccc(N2c3ccccc3N(c3ccccc3)c3ccccc32)c2nc(-c3ccc(I)cc3)cc(-c3ccc(C(C)(C)C)cc3)c12. The van der Waals surface area contributed by atoms with Gasteiger partial charge in [0.1, 0.15) is 0 Å². The molecule has 6 aromatic carbocycles. The van der Waals surface area contributed by atoms with E-state index >= 15 is 0 Å². The lowest BCUT2D eigenvalue weighted by Crippen LogP contribution is -2.24. The molecule has 3 nitrogen and oxygen atoms in total. The van der Waals surface area contributed by atoms with E-state index in [1.807, 2.05) is 0 Å². The highest BCUT2D eigenvalue weighted by Crippen LogP contribution is 2.55. The molecule has 0 N–H and O–H groups in total. The minimum atomic E-state index is 0.0803. The molecule has 7 aromatic rings. The first-order valence-electron chi connectivity index (χ1n) is 16.4. The summed E-state index contributed by atoms with van der Waals surface area (Å²) >= 11 is 2.37. The summed E-state index contributed by atoms with van der Waals surface area (Å²) in [6, 6.07) is 52.6. The Bertz CT molecular complexity index is 2240. The minimum absolute atomic E-state index is 0.0803. The van der Waals surface area contributed by atoms with Crippen molar-refractivity contribution in [3.05, 3.63) is 160 Å². The van der Waals surface area contributed by atoms with Gasteiger partial charge in [0.15, 0.2) is 0 Å². The van der Waals surface area contributed by atoms with Gasteiger partial charge in [-0.2, -0.15) is 0 Å². The van der Waals surface area contributed by atoms with E-state index < -0.39 is 0 Å². The van der Waals surface area contributed by atoms with Gasteiger partial charge in [-0.15, -0.1) is 0 Å². The topological polar surface area (TPSA) is 19.4 Å². The molecule has 234 valence electrons. The molecule has 0 spiro atoms. The van der Waals surface area contributed by atoms with Crippen molar-refractivity contribution in [1.82, 2.24) is 4.98 Å². The van der Waals surface area contributed by atoms with Crippen LogP contribution < -0.4 is 9.80 Å². The molecule has 0 aliphatic carbocycles. The van der Waals surface area contributed by atoms with Gasteiger partial charge in [-0.05, 0) is 118 Å². The van der Waals surface area contributed by atoms with Crippen LogP contribution in [0.4, 0.5) is 34.1 Å². The standard InChI is InChI=1S/C44H36IN3/c1-29-18-27-41(48-39-16-10-8-14-37(39)47(34-12-6-5-7-13-34)38-15-9-11-17-40(38)48)43-42(29)35(30-19-23-32(24-20-30)44(2,3)4)28-36(46-43)31-21-25-33(45)26-22-31/h5-28H,1-4H3. The number of nitrogens with zero attached hydrogens (tertiary/aromatic N) is 3. The summed E-state index contributed by atoms with van der Waals surface area (Å²) < 4.78 is 1.20. The van der Waals surface area contributed by atoms with Gasteiger partial charge in [0, 0.05) is 20.2 Å². The zero-order valence-electron chi connectivity index (χ0n) is 27.6. The number of rotatable bonds is 4. The summed E-state index contributed by atoms with van der Waals surface area (Å²) in [6.07, 6.45) is 0. The highest BCUT2D eigenvalue weighted by molar-refractivity contribution is 14.1. The summed E-state index contributed by atoms with van der Waals surface area (Å²) in [5.41, 5.74) is 14.7. The molecular weight excluding hydrogens is 697 g/mol. The second-order valence-electron chi connectivity index (χ2n) is 13.5. The molecule has 1 aliphatic rings. The molecule has 0 radical (unpaired) electrons.